The lowest BCUT2D eigenvalue weighted by Gasteiger charge is -2.47. The van der Waals surface area contributed by atoms with Gasteiger partial charge in [-0.3, -0.25) is 0 Å². The van der Waals surface area contributed by atoms with Crippen molar-refractivity contribution in [3.05, 3.63) is 71.8 Å². The number of nitrogens with zero attached hydrogens (tertiary/aromatic N) is 1. The molecule has 2 aromatic rings. The molecule has 1 saturated heterocycles. The van der Waals surface area contributed by atoms with Gasteiger partial charge in [-0.15, -0.1) is 0 Å². The van der Waals surface area contributed by atoms with Gasteiger partial charge in [0.1, 0.15) is 12.2 Å². The Morgan fingerprint density at radius 1 is 0.771 bits per heavy atom. The molecule has 0 spiro atoms. The van der Waals surface area contributed by atoms with E-state index in [1.807, 2.05) is 36.4 Å². The Balaban J connectivity index is 1.32. The summed E-state index contributed by atoms with van der Waals surface area (Å²) in [4.78, 5) is 28.6. The largest absolute Gasteiger partial charge is 0.455 e. The molecule has 1 aliphatic heterocycles. The maximum atomic E-state index is 13.0. The van der Waals surface area contributed by atoms with Crippen molar-refractivity contribution in [1.29, 1.82) is 0 Å². The fraction of sp³-hybridized carbons (Fsp3) is 0.533. The Bertz CT molecular complexity index is 994. The molecule has 3 fully saturated rings. The molecule has 0 N–H and O–H groups in total. The predicted octanol–water partition coefficient (Wildman–Crippen LogP) is 5.75. The van der Waals surface area contributed by atoms with Crippen LogP contribution in [0.4, 0.5) is 0 Å². The third kappa shape index (κ3) is 5.45. The summed E-state index contributed by atoms with van der Waals surface area (Å²) in [5, 5.41) is 0. The van der Waals surface area contributed by atoms with E-state index in [9.17, 15) is 9.59 Å². The van der Waals surface area contributed by atoms with E-state index in [4.69, 9.17) is 9.47 Å². The minimum Gasteiger partial charge on any atom is -0.455 e. The highest BCUT2D eigenvalue weighted by molar-refractivity contribution is 5.90. The number of hydrogen-bond donors (Lipinski definition) is 0. The number of carbonyl (C=O) groups is 2. The molecule has 0 amide bonds. The van der Waals surface area contributed by atoms with Gasteiger partial charge in [-0.1, -0.05) is 49.7 Å². The molecular weight excluding hydrogens is 438 g/mol. The lowest BCUT2D eigenvalue weighted by molar-refractivity contribution is -0.0884. The summed E-state index contributed by atoms with van der Waals surface area (Å²) >= 11 is 0. The van der Waals surface area contributed by atoms with E-state index < -0.39 is 12.2 Å². The van der Waals surface area contributed by atoms with Gasteiger partial charge in [0.05, 0.1) is 11.1 Å². The topological polar surface area (TPSA) is 55.8 Å². The molecule has 0 bridgehead atoms. The third-order valence-corrected chi connectivity index (χ3v) is 8.44. The highest BCUT2D eigenvalue weighted by Gasteiger charge is 2.49. The van der Waals surface area contributed by atoms with E-state index in [0.717, 1.165) is 25.2 Å². The molecule has 2 aromatic carbocycles. The van der Waals surface area contributed by atoms with Crippen LogP contribution >= 0.6 is 0 Å². The summed E-state index contributed by atoms with van der Waals surface area (Å²) in [7, 11) is 0. The number of carbonyl (C=O) groups excluding carboxylic acids is 2. The SMILES string of the molecule is CCCCN1CCC2CC3CC(OC(=O)c4ccccc4)C(OC(=O)c4ccccc4)CC3CC21. The zero-order valence-electron chi connectivity index (χ0n) is 20.7. The van der Waals surface area contributed by atoms with Crippen molar-refractivity contribution >= 4 is 11.9 Å². The Kier molecular flexibility index (Phi) is 7.52. The van der Waals surface area contributed by atoms with Gasteiger partial charge >= 0.3 is 11.9 Å². The van der Waals surface area contributed by atoms with Crippen LogP contribution < -0.4 is 0 Å². The summed E-state index contributed by atoms with van der Waals surface area (Å²) in [6, 6.07) is 18.9. The number of fused-ring (bicyclic) bond motifs is 2. The highest BCUT2D eigenvalue weighted by Crippen LogP contribution is 2.48. The third-order valence-electron chi connectivity index (χ3n) is 8.44. The van der Waals surface area contributed by atoms with Crippen molar-refractivity contribution < 1.29 is 19.1 Å². The summed E-state index contributed by atoms with van der Waals surface area (Å²) in [6.07, 6.45) is 6.82. The molecule has 6 atom stereocenters. The second kappa shape index (κ2) is 10.9. The van der Waals surface area contributed by atoms with Crippen LogP contribution in [0.5, 0.6) is 0 Å². The molecule has 0 aromatic heterocycles. The molecule has 3 aliphatic rings. The van der Waals surface area contributed by atoms with E-state index in [2.05, 4.69) is 11.8 Å². The van der Waals surface area contributed by atoms with Crippen molar-refractivity contribution in [2.24, 2.45) is 17.8 Å². The van der Waals surface area contributed by atoms with E-state index in [1.165, 1.54) is 38.8 Å². The van der Waals surface area contributed by atoms with Crippen molar-refractivity contribution in [3.8, 4) is 0 Å². The molecule has 6 unspecified atom stereocenters. The number of benzene rings is 2. The number of likely N-dealkylation sites (tertiary alicyclic amines) is 1. The first kappa shape index (κ1) is 24.1. The van der Waals surface area contributed by atoms with Crippen LogP contribution in [-0.4, -0.2) is 48.2 Å². The first-order chi connectivity index (χ1) is 17.1. The smallest absolute Gasteiger partial charge is 0.338 e. The van der Waals surface area contributed by atoms with Crippen LogP contribution in [0.3, 0.4) is 0 Å². The summed E-state index contributed by atoms with van der Waals surface area (Å²) < 4.78 is 12.1. The second-order valence-corrected chi connectivity index (χ2v) is 10.6. The first-order valence-corrected chi connectivity index (χ1v) is 13.4. The average Bonchev–Trinajstić information content (AvgIpc) is 3.28. The number of rotatable bonds is 7. The maximum Gasteiger partial charge on any atom is 0.338 e. The second-order valence-electron chi connectivity index (χ2n) is 10.6. The Morgan fingerprint density at radius 2 is 1.31 bits per heavy atom. The van der Waals surface area contributed by atoms with E-state index in [0.29, 0.717) is 29.0 Å². The van der Waals surface area contributed by atoms with Gasteiger partial charge in [0.25, 0.3) is 0 Å². The highest BCUT2D eigenvalue weighted by atomic mass is 16.6. The summed E-state index contributed by atoms with van der Waals surface area (Å²) in [5.74, 6) is 1.08. The maximum absolute atomic E-state index is 13.0. The lowest BCUT2D eigenvalue weighted by atomic mass is 9.64. The molecule has 186 valence electrons. The average molecular weight is 476 g/mol. The zero-order chi connectivity index (χ0) is 24.2. The van der Waals surface area contributed by atoms with Crippen molar-refractivity contribution in [1.82, 2.24) is 4.90 Å². The molecular formula is C30H37NO4. The number of ether oxygens (including phenoxy) is 2. The van der Waals surface area contributed by atoms with Gasteiger partial charge in [0, 0.05) is 6.04 Å². The van der Waals surface area contributed by atoms with Crippen LogP contribution in [-0.2, 0) is 9.47 Å². The molecule has 5 rings (SSSR count). The molecule has 2 saturated carbocycles. The predicted molar refractivity (Wildman–Crippen MR) is 135 cm³/mol. The Morgan fingerprint density at radius 3 is 1.86 bits per heavy atom. The molecule has 35 heavy (non-hydrogen) atoms. The normalized spacial score (nSPS) is 30.2. The zero-order valence-corrected chi connectivity index (χ0v) is 20.7. The van der Waals surface area contributed by atoms with Crippen LogP contribution in [0.1, 0.15) is 72.6 Å². The van der Waals surface area contributed by atoms with Crippen LogP contribution in [0.25, 0.3) is 0 Å². The van der Waals surface area contributed by atoms with Gasteiger partial charge in [-0.25, -0.2) is 9.59 Å². The van der Waals surface area contributed by atoms with Crippen molar-refractivity contribution in [3.63, 3.8) is 0 Å². The minimum atomic E-state index is -0.418. The van der Waals surface area contributed by atoms with Gasteiger partial charge in [0.2, 0.25) is 0 Å². The fourth-order valence-corrected chi connectivity index (χ4v) is 6.61. The van der Waals surface area contributed by atoms with Crippen molar-refractivity contribution in [2.75, 3.05) is 13.1 Å². The summed E-state index contributed by atoms with van der Waals surface area (Å²) in [6.45, 7) is 4.65. The van der Waals surface area contributed by atoms with E-state index in [1.54, 1.807) is 24.3 Å². The van der Waals surface area contributed by atoms with Gasteiger partial charge < -0.3 is 14.4 Å². The lowest BCUT2D eigenvalue weighted by Crippen LogP contribution is -2.49. The van der Waals surface area contributed by atoms with Gasteiger partial charge in [0.15, 0.2) is 0 Å². The number of hydrogen-bond acceptors (Lipinski definition) is 5. The van der Waals surface area contributed by atoms with Gasteiger partial charge in [-0.05, 0) is 93.6 Å². The van der Waals surface area contributed by atoms with E-state index in [-0.39, 0.29) is 11.9 Å². The Hall–Kier alpha value is -2.66. The quantitative estimate of drug-likeness (QED) is 0.478. The number of unbranched alkanes of at least 4 members (excludes halogenated alkanes) is 1. The standard InChI is InChI=1S/C30H37NO4/c1-2-3-15-31-16-14-23-17-24-19-27(34-29(32)21-10-6-4-7-11-21)28(20-25(24)18-26(23)31)35-30(33)22-12-8-5-9-13-22/h4-13,23-28H,2-3,14-20H2,1H3. The summed E-state index contributed by atoms with van der Waals surface area (Å²) in [5.41, 5.74) is 1.07. The first-order valence-electron chi connectivity index (χ1n) is 13.4. The molecule has 5 nitrogen and oxygen atoms in total. The number of esters is 2. The van der Waals surface area contributed by atoms with Crippen LogP contribution in [0.15, 0.2) is 60.7 Å². The van der Waals surface area contributed by atoms with E-state index >= 15 is 0 Å². The van der Waals surface area contributed by atoms with Crippen molar-refractivity contribution in [2.45, 2.75) is 70.1 Å². The van der Waals surface area contributed by atoms with Crippen LogP contribution in [0, 0.1) is 17.8 Å². The molecule has 0 radical (unpaired) electrons. The van der Waals surface area contributed by atoms with Crippen LogP contribution in [0.2, 0.25) is 0 Å². The molecule has 5 heteroatoms. The minimum absolute atomic E-state index is 0.338. The fourth-order valence-electron chi connectivity index (χ4n) is 6.61. The molecule has 1 heterocycles. The van der Waals surface area contributed by atoms with Gasteiger partial charge in [-0.2, -0.15) is 0 Å². The molecule has 2 aliphatic carbocycles. The monoisotopic (exact) mass is 475 g/mol. The Labute approximate surface area is 208 Å².